The Kier molecular flexibility index (Phi) is 11.6. The molecule has 0 aliphatic carbocycles. The number of carboxylic acids is 1. The van der Waals surface area contributed by atoms with Crippen molar-refractivity contribution in [1.29, 1.82) is 0 Å². The first-order valence-electron chi connectivity index (χ1n) is 8.22. The first-order valence-corrected chi connectivity index (χ1v) is 8.22. The molecule has 1 amide bonds. The number of allylic oxidation sites excluding steroid dienone is 2. The van der Waals surface area contributed by atoms with Crippen LogP contribution in [0.1, 0.15) is 65.7 Å². The van der Waals surface area contributed by atoms with Gasteiger partial charge in [-0.15, -0.1) is 0 Å². The number of hydrogen-bond acceptors (Lipinski definition) is 2. The van der Waals surface area contributed by atoms with Gasteiger partial charge in [-0.05, 0) is 39.5 Å². The standard InChI is InChI=1S/C17H31NO3/c1-4-7-8-9-10-11-12-13-15(17(20)21)14-16(19)18(5-2)6-3/h10-11,15H,4-9,12-14H2,1-3H3,(H,20,21)/b11-10+. The smallest absolute Gasteiger partial charge is 0.307 e. The van der Waals surface area contributed by atoms with Crippen molar-refractivity contribution in [2.45, 2.75) is 65.7 Å². The highest BCUT2D eigenvalue weighted by atomic mass is 16.4. The van der Waals surface area contributed by atoms with Crippen LogP contribution in [-0.2, 0) is 9.59 Å². The van der Waals surface area contributed by atoms with Crippen LogP contribution in [0.4, 0.5) is 0 Å². The molecule has 0 heterocycles. The zero-order chi connectivity index (χ0) is 16.1. The van der Waals surface area contributed by atoms with Crippen LogP contribution in [0.15, 0.2) is 12.2 Å². The van der Waals surface area contributed by atoms with Crippen LogP contribution in [0.2, 0.25) is 0 Å². The van der Waals surface area contributed by atoms with Gasteiger partial charge in [0, 0.05) is 19.5 Å². The van der Waals surface area contributed by atoms with Gasteiger partial charge in [0.2, 0.25) is 5.91 Å². The maximum Gasteiger partial charge on any atom is 0.307 e. The summed E-state index contributed by atoms with van der Waals surface area (Å²) in [6, 6.07) is 0. The molecule has 0 aromatic rings. The lowest BCUT2D eigenvalue weighted by Crippen LogP contribution is -2.33. The Bertz CT molecular complexity index is 322. The Balaban J connectivity index is 4.14. The van der Waals surface area contributed by atoms with Crippen molar-refractivity contribution in [1.82, 2.24) is 4.90 Å². The van der Waals surface area contributed by atoms with Gasteiger partial charge in [-0.1, -0.05) is 31.9 Å². The number of hydrogen-bond donors (Lipinski definition) is 1. The summed E-state index contributed by atoms with van der Waals surface area (Å²) in [7, 11) is 0. The SMILES string of the molecule is CCCCC/C=C/CCC(CC(=O)N(CC)CC)C(=O)O. The zero-order valence-corrected chi connectivity index (χ0v) is 13.8. The summed E-state index contributed by atoms with van der Waals surface area (Å²) in [5.74, 6) is -1.49. The van der Waals surface area contributed by atoms with Gasteiger partial charge in [-0.3, -0.25) is 9.59 Å². The van der Waals surface area contributed by atoms with Crippen molar-refractivity contribution in [2.24, 2.45) is 5.92 Å². The van der Waals surface area contributed by atoms with Crippen LogP contribution in [0.25, 0.3) is 0 Å². The Hall–Kier alpha value is -1.32. The minimum absolute atomic E-state index is 0.0562. The molecular weight excluding hydrogens is 266 g/mol. The van der Waals surface area contributed by atoms with Crippen molar-refractivity contribution >= 4 is 11.9 Å². The minimum atomic E-state index is -0.866. The average Bonchev–Trinajstić information content (AvgIpc) is 2.46. The van der Waals surface area contributed by atoms with Gasteiger partial charge >= 0.3 is 5.97 Å². The normalized spacial score (nSPS) is 12.5. The van der Waals surface area contributed by atoms with E-state index < -0.39 is 11.9 Å². The number of aliphatic carboxylic acids is 1. The molecule has 0 saturated heterocycles. The summed E-state index contributed by atoms with van der Waals surface area (Å²) in [6.07, 6.45) is 10.2. The monoisotopic (exact) mass is 297 g/mol. The van der Waals surface area contributed by atoms with Crippen LogP contribution >= 0.6 is 0 Å². The Labute approximate surface area is 129 Å². The highest BCUT2D eigenvalue weighted by molar-refractivity contribution is 5.82. The molecule has 4 heteroatoms. The van der Waals surface area contributed by atoms with E-state index in [1.165, 1.54) is 19.3 Å². The lowest BCUT2D eigenvalue weighted by molar-refractivity contribution is -0.146. The molecule has 0 saturated carbocycles. The van der Waals surface area contributed by atoms with Gasteiger partial charge in [0.1, 0.15) is 0 Å². The second-order valence-corrected chi connectivity index (χ2v) is 5.35. The third-order valence-electron chi connectivity index (χ3n) is 3.71. The summed E-state index contributed by atoms with van der Waals surface area (Å²) in [5, 5.41) is 9.23. The quantitative estimate of drug-likeness (QED) is 0.439. The molecule has 0 aromatic heterocycles. The fourth-order valence-electron chi connectivity index (χ4n) is 2.27. The first kappa shape index (κ1) is 19.7. The van der Waals surface area contributed by atoms with E-state index in [0.29, 0.717) is 19.5 Å². The molecule has 0 radical (unpaired) electrons. The predicted molar refractivity (Wildman–Crippen MR) is 86.2 cm³/mol. The molecule has 0 fully saturated rings. The molecule has 1 atom stereocenters. The van der Waals surface area contributed by atoms with Crippen LogP contribution in [0.3, 0.4) is 0 Å². The van der Waals surface area contributed by atoms with E-state index in [-0.39, 0.29) is 12.3 Å². The highest BCUT2D eigenvalue weighted by Crippen LogP contribution is 2.14. The largest absolute Gasteiger partial charge is 0.481 e. The van der Waals surface area contributed by atoms with Crippen molar-refractivity contribution in [2.75, 3.05) is 13.1 Å². The summed E-state index contributed by atoms with van der Waals surface area (Å²) in [4.78, 5) is 24.9. The van der Waals surface area contributed by atoms with Gasteiger partial charge in [0.15, 0.2) is 0 Å². The number of carboxylic acid groups (broad SMARTS) is 1. The second kappa shape index (κ2) is 12.4. The Morgan fingerprint density at radius 1 is 1.05 bits per heavy atom. The minimum Gasteiger partial charge on any atom is -0.481 e. The van der Waals surface area contributed by atoms with Crippen LogP contribution in [0.5, 0.6) is 0 Å². The maximum absolute atomic E-state index is 12.0. The van der Waals surface area contributed by atoms with Crippen molar-refractivity contribution < 1.29 is 14.7 Å². The lowest BCUT2D eigenvalue weighted by atomic mass is 9.98. The number of nitrogens with zero attached hydrogens (tertiary/aromatic N) is 1. The average molecular weight is 297 g/mol. The number of carbonyl (C=O) groups excluding carboxylic acids is 1. The summed E-state index contributed by atoms with van der Waals surface area (Å²) >= 11 is 0. The summed E-state index contributed by atoms with van der Waals surface area (Å²) < 4.78 is 0. The van der Waals surface area contributed by atoms with Crippen LogP contribution in [-0.4, -0.2) is 35.0 Å². The lowest BCUT2D eigenvalue weighted by Gasteiger charge is -2.20. The summed E-state index contributed by atoms with van der Waals surface area (Å²) in [6.45, 7) is 7.28. The van der Waals surface area contributed by atoms with Crippen molar-refractivity contribution in [3.8, 4) is 0 Å². The molecule has 1 N–H and O–H groups in total. The Morgan fingerprint density at radius 3 is 2.19 bits per heavy atom. The number of amides is 1. The molecule has 0 aliphatic rings. The van der Waals surface area contributed by atoms with E-state index in [4.69, 9.17) is 0 Å². The topological polar surface area (TPSA) is 57.6 Å². The van der Waals surface area contributed by atoms with Crippen molar-refractivity contribution in [3.05, 3.63) is 12.2 Å². The zero-order valence-electron chi connectivity index (χ0n) is 13.8. The summed E-state index contributed by atoms with van der Waals surface area (Å²) in [5.41, 5.74) is 0. The first-order chi connectivity index (χ1) is 10.1. The van der Waals surface area contributed by atoms with E-state index in [9.17, 15) is 14.7 Å². The highest BCUT2D eigenvalue weighted by Gasteiger charge is 2.22. The molecule has 21 heavy (non-hydrogen) atoms. The Morgan fingerprint density at radius 2 is 1.67 bits per heavy atom. The molecule has 0 spiro atoms. The molecular formula is C17H31NO3. The third kappa shape index (κ3) is 9.27. The van der Waals surface area contributed by atoms with E-state index in [2.05, 4.69) is 13.0 Å². The van der Waals surface area contributed by atoms with Gasteiger partial charge in [0.05, 0.1) is 5.92 Å². The number of carbonyl (C=O) groups is 2. The fraction of sp³-hybridized carbons (Fsp3) is 0.765. The van der Waals surface area contributed by atoms with Gasteiger partial charge in [0.25, 0.3) is 0 Å². The predicted octanol–water partition coefficient (Wildman–Crippen LogP) is 3.86. The maximum atomic E-state index is 12.0. The van der Waals surface area contributed by atoms with E-state index in [1.54, 1.807) is 4.90 Å². The molecule has 0 bridgehead atoms. The molecule has 4 nitrogen and oxygen atoms in total. The van der Waals surface area contributed by atoms with Gasteiger partial charge in [-0.25, -0.2) is 0 Å². The number of unbranched alkanes of at least 4 members (excludes halogenated alkanes) is 3. The number of rotatable bonds is 12. The van der Waals surface area contributed by atoms with Crippen molar-refractivity contribution in [3.63, 3.8) is 0 Å². The van der Waals surface area contributed by atoms with E-state index >= 15 is 0 Å². The third-order valence-corrected chi connectivity index (χ3v) is 3.71. The van der Waals surface area contributed by atoms with E-state index in [0.717, 1.165) is 12.8 Å². The van der Waals surface area contributed by atoms with Gasteiger partial charge in [-0.2, -0.15) is 0 Å². The molecule has 0 rings (SSSR count). The molecule has 1 unspecified atom stereocenters. The van der Waals surface area contributed by atoms with E-state index in [1.807, 2.05) is 19.9 Å². The molecule has 0 aromatic carbocycles. The van der Waals surface area contributed by atoms with Gasteiger partial charge < -0.3 is 10.0 Å². The second-order valence-electron chi connectivity index (χ2n) is 5.35. The fourth-order valence-corrected chi connectivity index (χ4v) is 2.27. The molecule has 122 valence electrons. The van der Waals surface area contributed by atoms with Crippen LogP contribution in [0, 0.1) is 5.92 Å². The molecule has 0 aliphatic heterocycles. The van der Waals surface area contributed by atoms with Crippen LogP contribution < -0.4 is 0 Å².